The van der Waals surface area contributed by atoms with E-state index in [0.29, 0.717) is 0 Å². The van der Waals surface area contributed by atoms with Gasteiger partial charge in [0.05, 0.1) is 17.0 Å². The van der Waals surface area contributed by atoms with Crippen molar-refractivity contribution in [2.45, 2.75) is 6.54 Å². The molecule has 0 atom stereocenters. The molecule has 8 nitrogen and oxygen atoms in total. The summed E-state index contributed by atoms with van der Waals surface area (Å²) in [7, 11) is 0. The molecule has 98 valence electrons. The zero-order chi connectivity index (χ0) is 14.4. The first-order valence-electron chi connectivity index (χ1n) is 5.07. The van der Waals surface area contributed by atoms with Gasteiger partial charge in [-0.2, -0.15) is 4.91 Å². The summed E-state index contributed by atoms with van der Waals surface area (Å²) in [4.78, 5) is 32.1. The lowest BCUT2D eigenvalue weighted by atomic mass is 10.1. The number of hydrogen-bond acceptors (Lipinski definition) is 6. The molecule has 0 aliphatic carbocycles. The van der Waals surface area contributed by atoms with E-state index in [0.717, 1.165) is 11.1 Å². The normalized spacial score (nSPS) is 9.47. The average Bonchev–Trinajstić information content (AvgIpc) is 2.38. The second kappa shape index (κ2) is 6.23. The third-order valence-corrected chi connectivity index (χ3v) is 2.29. The zero-order valence-corrected chi connectivity index (χ0v) is 9.78. The van der Waals surface area contributed by atoms with Crippen LogP contribution in [0.4, 0.5) is 5.69 Å². The number of nitro benzene ring substituents is 1. The Morgan fingerprint density at radius 2 is 2.26 bits per heavy atom. The number of carbonyl (C=O) groups is 1. The lowest BCUT2D eigenvalue weighted by Gasteiger charge is -2.13. The highest BCUT2D eigenvalue weighted by molar-refractivity contribution is 5.94. The standard InChI is InChI=1S/C11H10N4O4/c1-2-5-14(12)11(16)8-3-4-9(7-13-17)10(6-8)15(18)19/h1,3-4,6H,5,7,12H2. The van der Waals surface area contributed by atoms with Crippen LogP contribution in [0.3, 0.4) is 0 Å². The Morgan fingerprint density at radius 3 is 2.79 bits per heavy atom. The van der Waals surface area contributed by atoms with E-state index in [9.17, 15) is 19.8 Å². The van der Waals surface area contributed by atoms with E-state index in [-0.39, 0.29) is 29.9 Å². The molecule has 1 rings (SSSR count). The summed E-state index contributed by atoms with van der Waals surface area (Å²) in [6, 6.07) is 3.65. The number of hydrogen-bond donors (Lipinski definition) is 1. The van der Waals surface area contributed by atoms with Gasteiger partial charge >= 0.3 is 0 Å². The summed E-state index contributed by atoms with van der Waals surface area (Å²) in [6.45, 7) is -0.467. The van der Waals surface area contributed by atoms with Crippen molar-refractivity contribution in [2.75, 3.05) is 6.54 Å². The van der Waals surface area contributed by atoms with E-state index in [2.05, 4.69) is 11.1 Å². The van der Waals surface area contributed by atoms with Gasteiger partial charge in [-0.25, -0.2) is 5.84 Å². The van der Waals surface area contributed by atoms with Crippen LogP contribution < -0.4 is 5.84 Å². The van der Waals surface area contributed by atoms with E-state index in [1.165, 1.54) is 12.1 Å². The predicted molar refractivity (Wildman–Crippen MR) is 66.7 cm³/mol. The van der Waals surface area contributed by atoms with Gasteiger partial charge in [0, 0.05) is 11.6 Å². The first-order valence-corrected chi connectivity index (χ1v) is 5.07. The van der Waals surface area contributed by atoms with Crippen LogP contribution in [0.25, 0.3) is 0 Å². The molecule has 19 heavy (non-hydrogen) atoms. The molecular formula is C11H10N4O4. The summed E-state index contributed by atoms with van der Waals surface area (Å²) >= 11 is 0. The Kier molecular flexibility index (Phi) is 4.68. The fraction of sp³-hybridized carbons (Fsp3) is 0.182. The summed E-state index contributed by atoms with van der Waals surface area (Å²) in [5.41, 5.74) is -0.226. The third kappa shape index (κ3) is 3.34. The van der Waals surface area contributed by atoms with Crippen LogP contribution in [0.5, 0.6) is 0 Å². The first-order chi connectivity index (χ1) is 9.01. The van der Waals surface area contributed by atoms with Crippen molar-refractivity contribution >= 4 is 11.6 Å². The fourth-order valence-electron chi connectivity index (χ4n) is 1.41. The Bertz CT molecular complexity index is 564. The number of amides is 1. The van der Waals surface area contributed by atoms with Gasteiger partial charge in [0.2, 0.25) is 0 Å². The molecular weight excluding hydrogens is 252 g/mol. The molecule has 0 saturated carbocycles. The van der Waals surface area contributed by atoms with Crippen LogP contribution in [0.1, 0.15) is 15.9 Å². The van der Waals surface area contributed by atoms with Crippen LogP contribution in [0.2, 0.25) is 0 Å². The SMILES string of the molecule is C#CCN(N)C(=O)c1ccc(CN=O)c([N+](=O)[O-])c1. The monoisotopic (exact) mass is 262 g/mol. The van der Waals surface area contributed by atoms with Crippen LogP contribution in [-0.2, 0) is 6.54 Å². The number of benzene rings is 1. The molecule has 0 radical (unpaired) electrons. The van der Waals surface area contributed by atoms with Crippen molar-refractivity contribution in [1.82, 2.24) is 5.01 Å². The lowest BCUT2D eigenvalue weighted by molar-refractivity contribution is -0.385. The van der Waals surface area contributed by atoms with Gasteiger partial charge in [0.15, 0.2) is 0 Å². The van der Waals surface area contributed by atoms with Crippen LogP contribution in [0.15, 0.2) is 23.4 Å². The van der Waals surface area contributed by atoms with Gasteiger partial charge in [-0.05, 0) is 12.1 Å². The maximum atomic E-state index is 11.8. The number of nitro groups is 1. The second-order valence-corrected chi connectivity index (χ2v) is 3.52. The first kappa shape index (κ1) is 14.3. The van der Waals surface area contributed by atoms with Crippen LogP contribution >= 0.6 is 0 Å². The molecule has 0 saturated heterocycles. The lowest BCUT2D eigenvalue weighted by Crippen LogP contribution is -2.37. The van der Waals surface area contributed by atoms with Crippen molar-refractivity contribution in [3.8, 4) is 12.3 Å². The minimum atomic E-state index is -0.695. The maximum Gasteiger partial charge on any atom is 0.275 e. The minimum absolute atomic E-state index is 0.0131. The molecule has 8 heteroatoms. The molecule has 0 bridgehead atoms. The Labute approximate surface area is 108 Å². The fourth-order valence-corrected chi connectivity index (χ4v) is 1.41. The quantitative estimate of drug-likeness (QED) is 0.210. The highest BCUT2D eigenvalue weighted by Crippen LogP contribution is 2.21. The maximum absolute atomic E-state index is 11.8. The van der Waals surface area contributed by atoms with Gasteiger partial charge in [-0.1, -0.05) is 11.1 Å². The number of nitroso groups, excluding NO2 is 1. The Hall–Kier alpha value is -2.79. The zero-order valence-electron chi connectivity index (χ0n) is 9.78. The van der Waals surface area contributed by atoms with Gasteiger partial charge in [0.1, 0.15) is 6.54 Å². The van der Waals surface area contributed by atoms with Gasteiger partial charge < -0.3 is 0 Å². The molecule has 0 aliphatic heterocycles. The molecule has 1 aromatic carbocycles. The average molecular weight is 262 g/mol. The number of hydrazine groups is 1. The summed E-state index contributed by atoms with van der Waals surface area (Å²) in [6.07, 6.45) is 5.01. The number of rotatable bonds is 5. The molecule has 0 aromatic heterocycles. The summed E-state index contributed by atoms with van der Waals surface area (Å²) < 4.78 is 0. The molecule has 0 spiro atoms. The van der Waals surface area contributed by atoms with E-state index in [1.807, 2.05) is 0 Å². The summed E-state index contributed by atoms with van der Waals surface area (Å²) in [5, 5.41) is 14.2. The molecule has 0 fully saturated rings. The van der Waals surface area contributed by atoms with E-state index < -0.39 is 10.8 Å². The molecule has 0 heterocycles. The molecule has 0 aliphatic rings. The Morgan fingerprint density at radius 1 is 1.58 bits per heavy atom. The highest BCUT2D eigenvalue weighted by Gasteiger charge is 2.19. The highest BCUT2D eigenvalue weighted by atomic mass is 16.6. The number of carbonyl (C=O) groups excluding carboxylic acids is 1. The molecule has 0 unspecified atom stereocenters. The van der Waals surface area contributed by atoms with E-state index in [4.69, 9.17) is 12.3 Å². The van der Waals surface area contributed by atoms with Crippen molar-refractivity contribution in [3.63, 3.8) is 0 Å². The van der Waals surface area contributed by atoms with Crippen molar-refractivity contribution < 1.29 is 9.72 Å². The molecule has 1 aromatic rings. The van der Waals surface area contributed by atoms with Gasteiger partial charge in [0.25, 0.3) is 11.6 Å². The van der Waals surface area contributed by atoms with Crippen molar-refractivity contribution in [1.29, 1.82) is 0 Å². The van der Waals surface area contributed by atoms with E-state index >= 15 is 0 Å². The van der Waals surface area contributed by atoms with E-state index in [1.54, 1.807) is 0 Å². The van der Waals surface area contributed by atoms with Crippen LogP contribution in [0, 0.1) is 27.4 Å². The van der Waals surface area contributed by atoms with Crippen molar-refractivity contribution in [2.24, 2.45) is 11.0 Å². The third-order valence-electron chi connectivity index (χ3n) is 2.29. The largest absolute Gasteiger partial charge is 0.275 e. The van der Waals surface area contributed by atoms with Gasteiger partial charge in [-0.3, -0.25) is 19.9 Å². The minimum Gasteiger partial charge on any atom is -0.268 e. The molecule has 2 N–H and O–H groups in total. The van der Waals surface area contributed by atoms with Crippen LogP contribution in [-0.4, -0.2) is 22.4 Å². The number of nitrogens with two attached hydrogens (primary N) is 1. The molecule has 1 amide bonds. The number of terminal acetylenes is 1. The smallest absolute Gasteiger partial charge is 0.268 e. The van der Waals surface area contributed by atoms with Crippen molar-refractivity contribution in [3.05, 3.63) is 44.3 Å². The van der Waals surface area contributed by atoms with Gasteiger partial charge in [-0.15, -0.1) is 6.42 Å². The Balaban J connectivity index is 3.15. The number of nitrogens with zero attached hydrogens (tertiary/aromatic N) is 3. The second-order valence-electron chi connectivity index (χ2n) is 3.52. The topological polar surface area (TPSA) is 119 Å². The predicted octanol–water partition coefficient (Wildman–Crippen LogP) is 0.810. The summed E-state index contributed by atoms with van der Waals surface area (Å²) in [5.74, 6) is 6.92.